The van der Waals surface area contributed by atoms with Gasteiger partial charge in [0.2, 0.25) is 11.8 Å². The van der Waals surface area contributed by atoms with E-state index in [0.29, 0.717) is 0 Å². The molecule has 2 aromatic rings. The van der Waals surface area contributed by atoms with E-state index >= 15 is 0 Å². The second-order valence-corrected chi connectivity index (χ2v) is 9.82. The van der Waals surface area contributed by atoms with Gasteiger partial charge in [-0.2, -0.15) is 0 Å². The molecule has 2 aliphatic carbocycles. The Labute approximate surface area is 203 Å². The number of nitrogens with one attached hydrogen (secondary N) is 2. The molecule has 2 aromatic carbocycles. The van der Waals surface area contributed by atoms with Crippen LogP contribution >= 0.6 is 0 Å². The van der Waals surface area contributed by atoms with Gasteiger partial charge in [0.1, 0.15) is 6.04 Å². The Bertz CT molecular complexity index is 916. The molecule has 0 aliphatic heterocycles. The van der Waals surface area contributed by atoms with Gasteiger partial charge in [-0.25, -0.2) is 0 Å². The third-order valence-electron chi connectivity index (χ3n) is 7.36. The lowest BCUT2D eigenvalue weighted by atomic mass is 9.95. The first-order chi connectivity index (χ1) is 16.7. The Balaban J connectivity index is 1.41. The van der Waals surface area contributed by atoms with E-state index in [1.165, 1.54) is 44.9 Å². The smallest absolute Gasteiger partial charge is 0.245 e. The fourth-order valence-corrected chi connectivity index (χ4v) is 5.50. The van der Waals surface area contributed by atoms with Crippen LogP contribution in [0.3, 0.4) is 0 Å². The van der Waals surface area contributed by atoms with Gasteiger partial charge in [-0.1, -0.05) is 106 Å². The molecule has 2 amide bonds. The van der Waals surface area contributed by atoms with E-state index in [4.69, 9.17) is 0 Å². The summed E-state index contributed by atoms with van der Waals surface area (Å²) in [5, 5.41) is 16.0. The lowest BCUT2D eigenvalue weighted by Gasteiger charge is -2.24. The molecular formula is C29H38N2O3. The predicted molar refractivity (Wildman–Crippen MR) is 135 cm³/mol. The maximum Gasteiger partial charge on any atom is 0.245 e. The minimum absolute atomic E-state index is 0.103. The normalized spacial score (nSPS) is 18.6. The molecule has 5 nitrogen and oxygen atoms in total. The number of hydrogen-bond donors (Lipinski definition) is 3. The van der Waals surface area contributed by atoms with Gasteiger partial charge in [-0.3, -0.25) is 9.59 Å². The van der Waals surface area contributed by atoms with Crippen LogP contribution < -0.4 is 10.6 Å². The number of aliphatic hydroxyl groups is 1. The Hall–Kier alpha value is -2.66. The average molecular weight is 463 g/mol. The van der Waals surface area contributed by atoms with Crippen LogP contribution in [0.15, 0.2) is 48.5 Å². The Morgan fingerprint density at radius 3 is 1.74 bits per heavy atom. The maximum atomic E-state index is 13.4. The Morgan fingerprint density at radius 2 is 1.24 bits per heavy atom. The van der Waals surface area contributed by atoms with E-state index in [-0.39, 0.29) is 17.9 Å². The zero-order chi connectivity index (χ0) is 23.8. The van der Waals surface area contributed by atoms with Crippen LogP contribution in [0, 0.1) is 0 Å². The van der Waals surface area contributed by atoms with E-state index in [2.05, 4.69) is 10.6 Å². The molecule has 0 radical (unpaired) electrons. The fraction of sp³-hybridized carbons (Fsp3) is 0.517. The molecule has 1 atom stereocenters. The van der Waals surface area contributed by atoms with Crippen molar-refractivity contribution in [3.05, 3.63) is 59.7 Å². The Morgan fingerprint density at radius 1 is 0.765 bits per heavy atom. The van der Waals surface area contributed by atoms with Gasteiger partial charge in [-0.15, -0.1) is 0 Å². The number of fused-ring (bicyclic) bond motifs is 3. The van der Waals surface area contributed by atoms with Gasteiger partial charge in [-0.05, 0) is 35.1 Å². The number of carbonyl (C=O) groups excluding carboxylic acids is 2. The van der Waals surface area contributed by atoms with E-state index in [9.17, 15) is 14.7 Å². The third kappa shape index (κ3) is 5.87. The Kier molecular flexibility index (Phi) is 8.75. The number of aliphatic hydroxyl groups excluding tert-OH is 1. The van der Waals surface area contributed by atoms with Crippen molar-refractivity contribution >= 4 is 11.8 Å². The van der Waals surface area contributed by atoms with E-state index in [1.807, 2.05) is 48.5 Å². The molecule has 34 heavy (non-hydrogen) atoms. The molecule has 0 bridgehead atoms. The summed E-state index contributed by atoms with van der Waals surface area (Å²) in [7, 11) is 0. The zero-order valence-corrected chi connectivity index (χ0v) is 20.1. The molecular weight excluding hydrogens is 424 g/mol. The van der Waals surface area contributed by atoms with Crippen LogP contribution in [0.2, 0.25) is 0 Å². The number of amides is 2. The summed E-state index contributed by atoms with van der Waals surface area (Å²) >= 11 is 0. The minimum Gasteiger partial charge on any atom is -0.394 e. The first-order valence-corrected chi connectivity index (χ1v) is 13.1. The second kappa shape index (κ2) is 12.2. The lowest BCUT2D eigenvalue weighted by molar-refractivity contribution is -0.130. The molecule has 4 rings (SSSR count). The van der Waals surface area contributed by atoms with Crippen LogP contribution in [-0.4, -0.2) is 35.6 Å². The van der Waals surface area contributed by atoms with Crippen LogP contribution in [0.25, 0.3) is 11.1 Å². The van der Waals surface area contributed by atoms with Gasteiger partial charge in [0, 0.05) is 6.04 Å². The van der Waals surface area contributed by atoms with E-state index in [1.54, 1.807) is 0 Å². The van der Waals surface area contributed by atoms with Crippen LogP contribution in [0.1, 0.15) is 87.7 Å². The van der Waals surface area contributed by atoms with Gasteiger partial charge >= 0.3 is 0 Å². The molecule has 0 aromatic heterocycles. The predicted octanol–water partition coefficient (Wildman–Crippen LogP) is 5.07. The van der Waals surface area contributed by atoms with Crippen molar-refractivity contribution in [2.45, 2.75) is 88.6 Å². The van der Waals surface area contributed by atoms with Gasteiger partial charge < -0.3 is 15.7 Å². The summed E-state index contributed by atoms with van der Waals surface area (Å²) in [5.41, 5.74) is 3.99. The van der Waals surface area contributed by atoms with Crippen molar-refractivity contribution in [2.24, 2.45) is 0 Å². The summed E-state index contributed by atoms with van der Waals surface area (Å²) in [6.45, 7) is -0.416. The number of carbonyl (C=O) groups is 2. The van der Waals surface area contributed by atoms with E-state index in [0.717, 1.165) is 47.9 Å². The van der Waals surface area contributed by atoms with Gasteiger partial charge in [0.15, 0.2) is 0 Å². The molecule has 0 unspecified atom stereocenters. The highest BCUT2D eigenvalue weighted by Gasteiger charge is 2.35. The summed E-state index contributed by atoms with van der Waals surface area (Å²) in [5.74, 6) is -1.01. The SMILES string of the molecule is O=C(N[C@@H](CO)C(=O)NC1CCCCCCCCCCC1)C1c2ccccc2-c2ccccc21. The van der Waals surface area contributed by atoms with Crippen molar-refractivity contribution in [2.75, 3.05) is 6.61 Å². The van der Waals surface area contributed by atoms with Gasteiger partial charge in [0.05, 0.1) is 12.5 Å². The minimum atomic E-state index is -0.950. The van der Waals surface area contributed by atoms with Crippen molar-refractivity contribution in [1.29, 1.82) is 0 Å². The van der Waals surface area contributed by atoms with Gasteiger partial charge in [0.25, 0.3) is 0 Å². The molecule has 0 spiro atoms. The molecule has 0 heterocycles. The molecule has 1 fully saturated rings. The summed E-state index contributed by atoms with van der Waals surface area (Å²) in [6, 6.07) is 15.0. The third-order valence-corrected chi connectivity index (χ3v) is 7.36. The number of rotatable bonds is 5. The zero-order valence-electron chi connectivity index (χ0n) is 20.1. The molecule has 1 saturated carbocycles. The highest BCUT2D eigenvalue weighted by Crippen LogP contribution is 2.44. The molecule has 0 saturated heterocycles. The molecule has 3 N–H and O–H groups in total. The number of hydrogen-bond acceptors (Lipinski definition) is 3. The monoisotopic (exact) mass is 462 g/mol. The van der Waals surface area contributed by atoms with E-state index < -0.39 is 18.6 Å². The van der Waals surface area contributed by atoms with Crippen LogP contribution in [0.4, 0.5) is 0 Å². The largest absolute Gasteiger partial charge is 0.394 e. The molecule has 5 heteroatoms. The standard InChI is InChI=1S/C29H38N2O3/c32-20-26(28(33)30-21-14-8-6-4-2-1-3-5-7-9-15-21)31-29(34)27-24-18-12-10-16-22(24)23-17-11-13-19-25(23)27/h10-13,16-19,21,26-27,32H,1-9,14-15,20H2,(H,30,33)(H,31,34)/t26-/m0/s1. The maximum absolute atomic E-state index is 13.4. The topological polar surface area (TPSA) is 78.4 Å². The highest BCUT2D eigenvalue weighted by molar-refractivity contribution is 5.98. The molecule has 182 valence electrons. The fourth-order valence-electron chi connectivity index (χ4n) is 5.50. The van der Waals surface area contributed by atoms with Crippen LogP contribution in [-0.2, 0) is 9.59 Å². The van der Waals surface area contributed by atoms with Crippen molar-refractivity contribution < 1.29 is 14.7 Å². The summed E-state index contributed by atoms with van der Waals surface area (Å²) in [6.07, 6.45) is 13.0. The summed E-state index contributed by atoms with van der Waals surface area (Å²) < 4.78 is 0. The lowest BCUT2D eigenvalue weighted by Crippen LogP contribution is -2.52. The number of benzene rings is 2. The highest BCUT2D eigenvalue weighted by atomic mass is 16.3. The van der Waals surface area contributed by atoms with Crippen LogP contribution in [0.5, 0.6) is 0 Å². The van der Waals surface area contributed by atoms with Crippen molar-refractivity contribution in [3.8, 4) is 11.1 Å². The quantitative estimate of drug-likeness (QED) is 0.581. The average Bonchev–Trinajstić information content (AvgIpc) is 3.18. The first kappa shape index (κ1) is 24.5. The van der Waals surface area contributed by atoms with Crippen molar-refractivity contribution in [3.63, 3.8) is 0 Å². The first-order valence-electron chi connectivity index (χ1n) is 13.1. The molecule has 2 aliphatic rings. The second-order valence-electron chi connectivity index (χ2n) is 9.82. The van der Waals surface area contributed by atoms with Crippen molar-refractivity contribution in [1.82, 2.24) is 10.6 Å². The summed E-state index contributed by atoms with van der Waals surface area (Å²) in [4.78, 5) is 26.5.